The Kier molecular flexibility index (Phi) is 4.12. The second-order valence-electron chi connectivity index (χ2n) is 5.44. The molecule has 1 heterocycles. The quantitative estimate of drug-likeness (QED) is 0.853. The van der Waals surface area contributed by atoms with Crippen molar-refractivity contribution in [3.63, 3.8) is 0 Å². The van der Waals surface area contributed by atoms with E-state index in [0.29, 0.717) is 0 Å². The predicted octanol–water partition coefficient (Wildman–Crippen LogP) is 3.88. The second-order valence-corrected chi connectivity index (χ2v) is 5.44. The summed E-state index contributed by atoms with van der Waals surface area (Å²) in [5.41, 5.74) is 4.59. The molecule has 0 radical (unpaired) electrons. The molecule has 0 bridgehead atoms. The highest BCUT2D eigenvalue weighted by Crippen LogP contribution is 2.21. The summed E-state index contributed by atoms with van der Waals surface area (Å²) in [6.07, 6.45) is 8.05. The van der Waals surface area contributed by atoms with Crippen molar-refractivity contribution in [1.82, 2.24) is 0 Å². The van der Waals surface area contributed by atoms with E-state index in [1.165, 1.54) is 37.2 Å². The Morgan fingerprint density at radius 3 is 2.52 bits per heavy atom. The van der Waals surface area contributed by atoms with Crippen LogP contribution >= 0.6 is 0 Å². The summed E-state index contributed by atoms with van der Waals surface area (Å²) in [6, 6.07) is 16.8. The fourth-order valence-corrected chi connectivity index (χ4v) is 2.72. The van der Waals surface area contributed by atoms with Gasteiger partial charge in [0.1, 0.15) is 0 Å². The van der Waals surface area contributed by atoms with Crippen LogP contribution in [0.25, 0.3) is 0 Å². The van der Waals surface area contributed by atoms with E-state index in [0.717, 1.165) is 17.8 Å². The first kappa shape index (κ1) is 13.6. The van der Waals surface area contributed by atoms with Crippen LogP contribution in [-0.4, -0.2) is 13.1 Å². The maximum Gasteiger partial charge on any atom is 0.0400 e. The first-order valence-electron chi connectivity index (χ1n) is 7.49. The Labute approximate surface area is 126 Å². The minimum atomic E-state index is 0.814. The molecule has 3 rings (SSSR count). The Morgan fingerprint density at radius 2 is 1.81 bits per heavy atom. The maximum absolute atomic E-state index is 5.42. The largest absolute Gasteiger partial charge is 0.381 e. The Morgan fingerprint density at radius 1 is 1.05 bits per heavy atom. The van der Waals surface area contributed by atoms with Gasteiger partial charge in [-0.25, -0.2) is 0 Å². The van der Waals surface area contributed by atoms with E-state index in [1.54, 1.807) is 0 Å². The summed E-state index contributed by atoms with van der Waals surface area (Å²) < 4.78 is 0. The van der Waals surface area contributed by atoms with Crippen molar-refractivity contribution >= 4 is 11.4 Å². The SMILES string of the molecule is C#Cc1cccc(NCc2ccc(N3CCCC3)cc2)c1. The van der Waals surface area contributed by atoms with Crippen LogP contribution < -0.4 is 10.2 Å². The summed E-state index contributed by atoms with van der Waals surface area (Å²) in [4.78, 5) is 2.45. The molecular formula is C19H20N2. The fraction of sp³-hybridized carbons (Fsp3) is 0.263. The third-order valence-electron chi connectivity index (χ3n) is 3.93. The number of benzene rings is 2. The zero-order chi connectivity index (χ0) is 14.5. The van der Waals surface area contributed by atoms with Crippen LogP contribution in [0.1, 0.15) is 24.0 Å². The average molecular weight is 276 g/mol. The standard InChI is InChI=1S/C19H20N2/c1-2-16-6-5-7-18(14-16)20-15-17-8-10-19(11-9-17)21-12-3-4-13-21/h1,5-11,14,20H,3-4,12-13,15H2. The highest BCUT2D eigenvalue weighted by Gasteiger charge is 2.11. The topological polar surface area (TPSA) is 15.3 Å². The second kappa shape index (κ2) is 6.37. The monoisotopic (exact) mass is 276 g/mol. The number of nitrogens with one attached hydrogen (secondary N) is 1. The maximum atomic E-state index is 5.42. The number of hydrogen-bond acceptors (Lipinski definition) is 2. The van der Waals surface area contributed by atoms with Crippen LogP contribution in [-0.2, 0) is 6.54 Å². The van der Waals surface area contributed by atoms with Gasteiger partial charge in [-0.15, -0.1) is 6.42 Å². The van der Waals surface area contributed by atoms with Gasteiger partial charge < -0.3 is 10.2 Å². The van der Waals surface area contributed by atoms with Crippen molar-refractivity contribution in [2.75, 3.05) is 23.3 Å². The Bertz CT molecular complexity index is 631. The lowest BCUT2D eigenvalue weighted by Gasteiger charge is -2.17. The molecule has 21 heavy (non-hydrogen) atoms. The molecule has 0 atom stereocenters. The molecule has 0 saturated carbocycles. The fourth-order valence-electron chi connectivity index (χ4n) is 2.72. The Balaban J connectivity index is 1.61. The van der Waals surface area contributed by atoms with Gasteiger partial charge in [0.2, 0.25) is 0 Å². The van der Waals surface area contributed by atoms with Gasteiger partial charge in [0.25, 0.3) is 0 Å². The highest BCUT2D eigenvalue weighted by molar-refractivity contribution is 5.51. The van der Waals surface area contributed by atoms with Gasteiger partial charge in [-0.3, -0.25) is 0 Å². The summed E-state index contributed by atoms with van der Waals surface area (Å²) in [5, 5.41) is 3.42. The summed E-state index contributed by atoms with van der Waals surface area (Å²) in [6.45, 7) is 3.20. The number of hydrogen-bond donors (Lipinski definition) is 1. The van der Waals surface area contributed by atoms with Gasteiger partial charge in [0.05, 0.1) is 0 Å². The summed E-state index contributed by atoms with van der Waals surface area (Å²) in [5.74, 6) is 2.66. The van der Waals surface area contributed by atoms with E-state index in [4.69, 9.17) is 6.42 Å². The summed E-state index contributed by atoms with van der Waals surface area (Å²) in [7, 11) is 0. The lowest BCUT2D eigenvalue weighted by Crippen LogP contribution is -2.17. The van der Waals surface area contributed by atoms with E-state index >= 15 is 0 Å². The van der Waals surface area contributed by atoms with E-state index in [-0.39, 0.29) is 0 Å². The molecule has 1 aliphatic heterocycles. The minimum absolute atomic E-state index is 0.814. The summed E-state index contributed by atoms with van der Waals surface area (Å²) >= 11 is 0. The molecule has 0 amide bonds. The molecule has 1 fully saturated rings. The number of rotatable bonds is 4. The normalized spacial score (nSPS) is 14.0. The molecule has 106 valence electrons. The molecule has 0 spiro atoms. The van der Waals surface area contributed by atoms with Crippen molar-refractivity contribution in [2.24, 2.45) is 0 Å². The Hall–Kier alpha value is -2.40. The molecule has 2 heteroatoms. The number of nitrogens with zero attached hydrogens (tertiary/aromatic N) is 1. The molecule has 1 N–H and O–H groups in total. The van der Waals surface area contributed by atoms with E-state index in [9.17, 15) is 0 Å². The highest BCUT2D eigenvalue weighted by atomic mass is 15.1. The molecule has 0 aliphatic carbocycles. The van der Waals surface area contributed by atoms with Crippen LogP contribution in [0.4, 0.5) is 11.4 Å². The number of terminal acetylenes is 1. The van der Waals surface area contributed by atoms with Crippen LogP contribution in [0, 0.1) is 12.3 Å². The van der Waals surface area contributed by atoms with Gasteiger partial charge in [-0.05, 0) is 48.7 Å². The van der Waals surface area contributed by atoms with Gasteiger partial charge >= 0.3 is 0 Å². The van der Waals surface area contributed by atoms with Crippen molar-refractivity contribution in [1.29, 1.82) is 0 Å². The van der Waals surface area contributed by atoms with E-state index in [2.05, 4.69) is 40.4 Å². The van der Waals surface area contributed by atoms with E-state index < -0.39 is 0 Å². The molecule has 0 aromatic heterocycles. The molecule has 2 nitrogen and oxygen atoms in total. The lowest BCUT2D eigenvalue weighted by atomic mass is 10.1. The molecule has 2 aromatic carbocycles. The van der Waals surface area contributed by atoms with Gasteiger partial charge in [-0.1, -0.05) is 24.1 Å². The smallest absolute Gasteiger partial charge is 0.0400 e. The van der Waals surface area contributed by atoms with Crippen LogP contribution in [0.5, 0.6) is 0 Å². The van der Waals surface area contributed by atoms with Crippen LogP contribution in [0.15, 0.2) is 48.5 Å². The third kappa shape index (κ3) is 3.38. The van der Waals surface area contributed by atoms with Crippen molar-refractivity contribution in [2.45, 2.75) is 19.4 Å². The average Bonchev–Trinajstić information content (AvgIpc) is 3.08. The lowest BCUT2D eigenvalue weighted by molar-refractivity contribution is 0.949. The molecule has 2 aromatic rings. The molecule has 1 aliphatic rings. The zero-order valence-electron chi connectivity index (χ0n) is 12.2. The van der Waals surface area contributed by atoms with Crippen molar-refractivity contribution in [3.8, 4) is 12.3 Å². The molecule has 1 saturated heterocycles. The van der Waals surface area contributed by atoms with Crippen LogP contribution in [0.3, 0.4) is 0 Å². The first-order valence-corrected chi connectivity index (χ1v) is 7.49. The van der Waals surface area contributed by atoms with Crippen molar-refractivity contribution < 1.29 is 0 Å². The van der Waals surface area contributed by atoms with E-state index in [1.807, 2.05) is 24.3 Å². The third-order valence-corrected chi connectivity index (χ3v) is 3.93. The number of anilines is 2. The van der Waals surface area contributed by atoms with Crippen molar-refractivity contribution in [3.05, 3.63) is 59.7 Å². The predicted molar refractivity (Wildman–Crippen MR) is 89.6 cm³/mol. The first-order chi connectivity index (χ1) is 10.3. The molecular weight excluding hydrogens is 256 g/mol. The van der Waals surface area contributed by atoms with Gasteiger partial charge in [0, 0.05) is 36.6 Å². The van der Waals surface area contributed by atoms with Gasteiger partial charge in [-0.2, -0.15) is 0 Å². The van der Waals surface area contributed by atoms with Crippen LogP contribution in [0.2, 0.25) is 0 Å². The van der Waals surface area contributed by atoms with Gasteiger partial charge in [0.15, 0.2) is 0 Å². The molecule has 0 unspecified atom stereocenters. The zero-order valence-corrected chi connectivity index (χ0v) is 12.2. The minimum Gasteiger partial charge on any atom is -0.381 e.